The van der Waals surface area contributed by atoms with E-state index in [1.54, 1.807) is 4.90 Å². The first-order chi connectivity index (χ1) is 13.5. The van der Waals surface area contributed by atoms with Crippen molar-refractivity contribution in [3.8, 4) is 0 Å². The van der Waals surface area contributed by atoms with Gasteiger partial charge in [0, 0.05) is 25.2 Å². The van der Waals surface area contributed by atoms with Gasteiger partial charge in [0.25, 0.3) is 0 Å². The average Bonchev–Trinajstić information content (AvgIpc) is 2.71. The van der Waals surface area contributed by atoms with Gasteiger partial charge in [0.05, 0.1) is 13.1 Å². The van der Waals surface area contributed by atoms with Gasteiger partial charge >= 0.3 is 0 Å². The number of halogens is 3. The largest absolute Gasteiger partial charge is 0.357 e. The molecule has 2 aromatic rings. The topological polar surface area (TPSA) is 56.7 Å². The summed E-state index contributed by atoms with van der Waals surface area (Å²) in [6, 6.07) is 13.0. The van der Waals surface area contributed by atoms with E-state index in [-0.39, 0.29) is 48.5 Å². The van der Waals surface area contributed by atoms with Crippen LogP contribution in [0.3, 0.4) is 0 Å². The monoisotopic (exact) mass is 516 g/mol. The van der Waals surface area contributed by atoms with E-state index in [2.05, 4.69) is 15.6 Å². The van der Waals surface area contributed by atoms with Gasteiger partial charge in [-0.15, -0.1) is 24.0 Å². The number of hydrogen-bond acceptors (Lipinski definition) is 2. The molecule has 0 radical (unpaired) electrons. The van der Waals surface area contributed by atoms with Crippen LogP contribution in [0.2, 0.25) is 0 Å². The molecular weight excluding hydrogens is 489 g/mol. The molecule has 158 valence electrons. The second kappa shape index (κ2) is 13.1. The molecular formula is C21H27F2IN4O. The van der Waals surface area contributed by atoms with E-state index >= 15 is 0 Å². The molecule has 2 rings (SSSR count). The maximum atomic E-state index is 13.7. The van der Waals surface area contributed by atoms with Crippen LogP contribution < -0.4 is 10.6 Å². The Kier molecular flexibility index (Phi) is 11.2. The molecule has 0 aromatic heterocycles. The first-order valence-corrected chi connectivity index (χ1v) is 9.31. The van der Waals surface area contributed by atoms with Crippen LogP contribution in [0.1, 0.15) is 25.0 Å². The molecule has 0 atom stereocenters. The molecule has 0 aliphatic heterocycles. The van der Waals surface area contributed by atoms with Crippen LogP contribution in [0.25, 0.3) is 0 Å². The third-order valence-corrected chi connectivity index (χ3v) is 4.12. The number of carbonyl (C=O) groups excluding carboxylic acids is 1. The number of guanidine groups is 1. The molecule has 5 nitrogen and oxygen atoms in total. The molecule has 0 unspecified atom stereocenters. The van der Waals surface area contributed by atoms with E-state index in [1.165, 1.54) is 0 Å². The molecule has 2 aromatic carbocycles. The summed E-state index contributed by atoms with van der Waals surface area (Å²) in [6.07, 6.45) is 0. The predicted octanol–water partition coefficient (Wildman–Crippen LogP) is 3.69. The number of carbonyl (C=O) groups is 1. The van der Waals surface area contributed by atoms with Crippen molar-refractivity contribution in [3.63, 3.8) is 0 Å². The molecule has 2 N–H and O–H groups in total. The molecule has 0 spiro atoms. The number of likely N-dealkylation sites (N-methyl/N-ethyl adjacent to an activating group) is 1. The Morgan fingerprint density at radius 2 is 1.79 bits per heavy atom. The molecule has 0 saturated heterocycles. The SMILES string of the molecule is CCNC(=NCc1cc(F)ccc1F)NCC(=O)N(CC)Cc1ccccc1.I. The minimum atomic E-state index is -0.517. The van der Waals surface area contributed by atoms with Gasteiger partial charge in [-0.05, 0) is 37.6 Å². The van der Waals surface area contributed by atoms with Gasteiger partial charge in [-0.25, -0.2) is 13.8 Å². The Bertz CT molecular complexity index is 803. The molecule has 1 amide bonds. The van der Waals surface area contributed by atoms with Crippen molar-refractivity contribution >= 4 is 35.8 Å². The number of hydrogen-bond donors (Lipinski definition) is 2. The quantitative estimate of drug-likeness (QED) is 0.320. The Morgan fingerprint density at radius 3 is 2.45 bits per heavy atom. The summed E-state index contributed by atoms with van der Waals surface area (Å²) in [7, 11) is 0. The number of nitrogens with zero attached hydrogens (tertiary/aromatic N) is 2. The molecule has 0 bridgehead atoms. The van der Waals surface area contributed by atoms with Gasteiger partial charge in [-0.2, -0.15) is 0 Å². The average molecular weight is 516 g/mol. The Hall–Kier alpha value is -2.23. The molecule has 0 aliphatic rings. The minimum absolute atomic E-state index is 0. The van der Waals surface area contributed by atoms with Crippen LogP contribution >= 0.6 is 24.0 Å². The third kappa shape index (κ3) is 8.35. The molecule has 29 heavy (non-hydrogen) atoms. The number of benzene rings is 2. The van der Waals surface area contributed by atoms with Crippen LogP contribution in [0.15, 0.2) is 53.5 Å². The summed E-state index contributed by atoms with van der Waals surface area (Å²) < 4.78 is 27.0. The van der Waals surface area contributed by atoms with Crippen molar-refractivity contribution in [2.75, 3.05) is 19.6 Å². The number of amides is 1. The maximum absolute atomic E-state index is 13.7. The maximum Gasteiger partial charge on any atom is 0.242 e. The second-order valence-corrected chi connectivity index (χ2v) is 6.18. The number of rotatable bonds is 8. The Labute approximate surface area is 187 Å². The summed E-state index contributed by atoms with van der Waals surface area (Å²) in [4.78, 5) is 18.5. The fourth-order valence-electron chi connectivity index (χ4n) is 2.62. The van der Waals surface area contributed by atoms with E-state index in [1.807, 2.05) is 44.2 Å². The molecule has 0 fully saturated rings. The van der Waals surface area contributed by atoms with Crippen LogP contribution in [0.5, 0.6) is 0 Å². The van der Waals surface area contributed by atoms with Crippen LogP contribution in [0, 0.1) is 11.6 Å². The molecule has 0 saturated carbocycles. The fourth-order valence-corrected chi connectivity index (χ4v) is 2.62. The van der Waals surface area contributed by atoms with Gasteiger partial charge in [0.2, 0.25) is 5.91 Å². The lowest BCUT2D eigenvalue weighted by molar-refractivity contribution is -0.130. The van der Waals surface area contributed by atoms with Crippen molar-refractivity contribution in [1.29, 1.82) is 0 Å². The summed E-state index contributed by atoms with van der Waals surface area (Å²) >= 11 is 0. The van der Waals surface area contributed by atoms with Crippen LogP contribution in [0.4, 0.5) is 8.78 Å². The van der Waals surface area contributed by atoms with Gasteiger partial charge < -0.3 is 15.5 Å². The first kappa shape index (κ1) is 24.8. The number of aliphatic imine (C=N–C) groups is 1. The standard InChI is InChI=1S/C21H26F2N4O.HI/c1-3-24-21(25-13-17-12-18(22)10-11-19(17)23)26-14-20(28)27(4-2)15-16-8-6-5-7-9-16;/h5-12H,3-4,13-15H2,1-2H3,(H2,24,25,26);1H. The zero-order valence-corrected chi connectivity index (χ0v) is 19.0. The second-order valence-electron chi connectivity index (χ2n) is 6.18. The smallest absolute Gasteiger partial charge is 0.242 e. The summed E-state index contributed by atoms with van der Waals surface area (Å²) in [5.74, 6) is -0.736. The highest BCUT2D eigenvalue weighted by molar-refractivity contribution is 14.0. The van der Waals surface area contributed by atoms with Crippen molar-refractivity contribution in [2.45, 2.75) is 26.9 Å². The van der Waals surface area contributed by atoms with Crippen molar-refractivity contribution in [1.82, 2.24) is 15.5 Å². The summed E-state index contributed by atoms with van der Waals surface area (Å²) in [5, 5.41) is 5.96. The lowest BCUT2D eigenvalue weighted by atomic mass is 10.2. The van der Waals surface area contributed by atoms with Crippen molar-refractivity contribution < 1.29 is 13.6 Å². The fraction of sp³-hybridized carbons (Fsp3) is 0.333. The first-order valence-electron chi connectivity index (χ1n) is 9.31. The number of nitrogens with one attached hydrogen (secondary N) is 2. The third-order valence-electron chi connectivity index (χ3n) is 4.12. The normalized spacial score (nSPS) is 10.8. The van der Waals surface area contributed by atoms with Gasteiger partial charge in [-0.1, -0.05) is 30.3 Å². The lowest BCUT2D eigenvalue weighted by Gasteiger charge is -2.22. The molecule has 0 aliphatic carbocycles. The van der Waals surface area contributed by atoms with E-state index in [4.69, 9.17) is 0 Å². The van der Waals surface area contributed by atoms with E-state index in [9.17, 15) is 13.6 Å². The van der Waals surface area contributed by atoms with E-state index in [0.29, 0.717) is 25.6 Å². The van der Waals surface area contributed by atoms with Gasteiger partial charge in [-0.3, -0.25) is 4.79 Å². The molecule has 0 heterocycles. The zero-order valence-electron chi connectivity index (χ0n) is 16.6. The summed E-state index contributed by atoms with van der Waals surface area (Å²) in [5.41, 5.74) is 1.21. The van der Waals surface area contributed by atoms with Gasteiger partial charge in [0.1, 0.15) is 11.6 Å². The van der Waals surface area contributed by atoms with Crippen LogP contribution in [-0.4, -0.2) is 36.4 Å². The lowest BCUT2D eigenvalue weighted by Crippen LogP contribution is -2.44. The highest BCUT2D eigenvalue weighted by Crippen LogP contribution is 2.10. The predicted molar refractivity (Wildman–Crippen MR) is 122 cm³/mol. The highest BCUT2D eigenvalue weighted by Gasteiger charge is 2.13. The Balaban J connectivity index is 0.00000420. The summed E-state index contributed by atoms with van der Waals surface area (Å²) in [6.45, 7) is 5.51. The van der Waals surface area contributed by atoms with Crippen molar-refractivity contribution in [2.24, 2.45) is 4.99 Å². The zero-order chi connectivity index (χ0) is 20.4. The highest BCUT2D eigenvalue weighted by atomic mass is 127. The van der Waals surface area contributed by atoms with E-state index < -0.39 is 11.6 Å². The Morgan fingerprint density at radius 1 is 1.07 bits per heavy atom. The van der Waals surface area contributed by atoms with Crippen molar-refractivity contribution in [3.05, 3.63) is 71.3 Å². The molecule has 8 heteroatoms. The van der Waals surface area contributed by atoms with Crippen LogP contribution in [-0.2, 0) is 17.9 Å². The van der Waals surface area contributed by atoms with E-state index in [0.717, 1.165) is 23.8 Å². The minimum Gasteiger partial charge on any atom is -0.357 e. The van der Waals surface area contributed by atoms with Gasteiger partial charge in [0.15, 0.2) is 5.96 Å².